The first-order valence-electron chi connectivity index (χ1n) is 7.82. The number of halogens is 2. The zero-order chi connectivity index (χ0) is 16.2. The predicted molar refractivity (Wildman–Crippen MR) is 77.8 cm³/mol. The lowest BCUT2D eigenvalue weighted by molar-refractivity contribution is -0.122. The molecule has 0 aromatic heterocycles. The molecule has 0 atom stereocenters. The lowest BCUT2D eigenvalue weighted by Gasteiger charge is -2.39. The molecule has 22 heavy (non-hydrogen) atoms. The molecule has 8 heteroatoms. The molecule has 0 unspecified atom stereocenters. The molecule has 2 saturated heterocycles. The number of likely N-dealkylation sites (tertiary alicyclic amines) is 1. The van der Waals surface area contributed by atoms with Crippen LogP contribution in [0.3, 0.4) is 0 Å². The summed E-state index contributed by atoms with van der Waals surface area (Å²) in [6, 6.07) is -0.159. The fraction of sp³-hybridized carbons (Fsp3) is 0.857. The van der Waals surface area contributed by atoms with Crippen molar-refractivity contribution in [3.05, 3.63) is 0 Å². The summed E-state index contributed by atoms with van der Waals surface area (Å²) >= 11 is 0. The highest BCUT2D eigenvalue weighted by molar-refractivity contribution is 5.78. The first kappa shape index (κ1) is 16.9. The van der Waals surface area contributed by atoms with Crippen molar-refractivity contribution in [2.75, 3.05) is 52.4 Å². The minimum atomic E-state index is -2.64. The molecule has 126 valence electrons. The van der Waals surface area contributed by atoms with Gasteiger partial charge in [0.2, 0.25) is 5.91 Å². The van der Waals surface area contributed by atoms with Gasteiger partial charge >= 0.3 is 6.03 Å². The summed E-state index contributed by atoms with van der Waals surface area (Å²) in [5.74, 6) is -2.65. The second kappa shape index (κ2) is 7.21. The fourth-order valence-electron chi connectivity index (χ4n) is 2.78. The average Bonchev–Trinajstić information content (AvgIpc) is 2.47. The lowest BCUT2D eigenvalue weighted by Crippen LogP contribution is -2.55. The number of rotatable bonds is 3. The van der Waals surface area contributed by atoms with E-state index in [1.165, 1.54) is 4.90 Å². The van der Waals surface area contributed by atoms with E-state index in [0.717, 1.165) is 0 Å². The van der Waals surface area contributed by atoms with Crippen LogP contribution in [-0.2, 0) is 4.79 Å². The van der Waals surface area contributed by atoms with Crippen molar-refractivity contribution < 1.29 is 18.4 Å². The maximum absolute atomic E-state index is 13.1. The predicted octanol–water partition coefficient (Wildman–Crippen LogP) is 0.591. The van der Waals surface area contributed by atoms with E-state index < -0.39 is 5.92 Å². The maximum Gasteiger partial charge on any atom is 0.320 e. The number of urea groups is 1. The standard InChI is InChI=1S/C14H24F2N4O2/c1-2-17-12(21)11-18-7-9-20(10-8-18)13(22)19-5-3-14(15,16)4-6-19/h2-11H2,1H3,(H,17,21). The fourth-order valence-corrected chi connectivity index (χ4v) is 2.78. The van der Waals surface area contributed by atoms with Gasteiger partial charge in [0.15, 0.2) is 0 Å². The van der Waals surface area contributed by atoms with E-state index in [-0.39, 0.29) is 37.9 Å². The van der Waals surface area contributed by atoms with E-state index >= 15 is 0 Å². The van der Waals surface area contributed by atoms with Crippen LogP contribution in [0.1, 0.15) is 19.8 Å². The number of hydrogen-bond acceptors (Lipinski definition) is 3. The molecular weight excluding hydrogens is 294 g/mol. The number of carbonyl (C=O) groups is 2. The van der Waals surface area contributed by atoms with E-state index in [1.807, 2.05) is 11.8 Å². The van der Waals surface area contributed by atoms with Gasteiger partial charge in [-0.05, 0) is 6.92 Å². The third-order valence-corrected chi connectivity index (χ3v) is 4.15. The quantitative estimate of drug-likeness (QED) is 0.829. The summed E-state index contributed by atoms with van der Waals surface area (Å²) in [6.07, 6.45) is -0.508. The number of nitrogens with one attached hydrogen (secondary N) is 1. The van der Waals surface area contributed by atoms with E-state index in [4.69, 9.17) is 0 Å². The molecule has 0 aliphatic carbocycles. The van der Waals surface area contributed by atoms with Crippen molar-refractivity contribution in [3.8, 4) is 0 Å². The van der Waals surface area contributed by atoms with Crippen molar-refractivity contribution in [2.24, 2.45) is 0 Å². The molecule has 6 nitrogen and oxygen atoms in total. The van der Waals surface area contributed by atoms with Gasteiger partial charge in [-0.1, -0.05) is 0 Å². The summed E-state index contributed by atoms with van der Waals surface area (Å²) in [6.45, 7) is 5.38. The summed E-state index contributed by atoms with van der Waals surface area (Å²) in [5.41, 5.74) is 0. The molecule has 0 radical (unpaired) electrons. The van der Waals surface area contributed by atoms with Crippen molar-refractivity contribution >= 4 is 11.9 Å². The van der Waals surface area contributed by atoms with Gasteiger partial charge < -0.3 is 15.1 Å². The zero-order valence-electron chi connectivity index (χ0n) is 13.0. The summed E-state index contributed by atoms with van der Waals surface area (Å²) in [4.78, 5) is 29.0. The van der Waals surface area contributed by atoms with Gasteiger partial charge in [0.25, 0.3) is 5.92 Å². The Morgan fingerprint density at radius 2 is 1.55 bits per heavy atom. The summed E-state index contributed by atoms with van der Waals surface area (Å²) in [5, 5.41) is 2.75. The highest BCUT2D eigenvalue weighted by atomic mass is 19.3. The van der Waals surface area contributed by atoms with Gasteiger partial charge in [-0.3, -0.25) is 9.69 Å². The van der Waals surface area contributed by atoms with Crippen LogP contribution in [0.5, 0.6) is 0 Å². The largest absolute Gasteiger partial charge is 0.355 e. The van der Waals surface area contributed by atoms with Crippen molar-refractivity contribution in [3.63, 3.8) is 0 Å². The van der Waals surface area contributed by atoms with Crippen LogP contribution >= 0.6 is 0 Å². The molecule has 2 fully saturated rings. The molecule has 3 amide bonds. The molecule has 2 aliphatic rings. The SMILES string of the molecule is CCNC(=O)CN1CCN(C(=O)N2CCC(F)(F)CC2)CC1. The van der Waals surface area contributed by atoms with E-state index in [9.17, 15) is 18.4 Å². The van der Waals surface area contributed by atoms with Crippen molar-refractivity contribution in [2.45, 2.75) is 25.7 Å². The van der Waals surface area contributed by atoms with Crippen LogP contribution in [0.15, 0.2) is 0 Å². The zero-order valence-corrected chi connectivity index (χ0v) is 13.0. The maximum atomic E-state index is 13.1. The van der Waals surface area contributed by atoms with Gasteiger partial charge in [0, 0.05) is 58.7 Å². The second-order valence-corrected chi connectivity index (χ2v) is 5.84. The number of hydrogen-bond donors (Lipinski definition) is 1. The Bertz CT molecular complexity index is 402. The third kappa shape index (κ3) is 4.53. The second-order valence-electron chi connectivity index (χ2n) is 5.84. The Morgan fingerprint density at radius 3 is 2.09 bits per heavy atom. The van der Waals surface area contributed by atoms with E-state index in [1.54, 1.807) is 4.90 Å². The molecule has 2 aliphatic heterocycles. The number of piperazine rings is 1. The molecule has 2 heterocycles. The van der Waals surface area contributed by atoms with Crippen LogP contribution in [0, 0.1) is 0 Å². The highest BCUT2D eigenvalue weighted by Crippen LogP contribution is 2.28. The van der Waals surface area contributed by atoms with Gasteiger partial charge in [0.05, 0.1) is 6.54 Å². The van der Waals surface area contributed by atoms with Gasteiger partial charge in [0.1, 0.15) is 0 Å². The van der Waals surface area contributed by atoms with Gasteiger partial charge in [-0.25, -0.2) is 13.6 Å². The monoisotopic (exact) mass is 318 g/mol. The lowest BCUT2D eigenvalue weighted by atomic mass is 10.1. The molecular formula is C14H24F2N4O2. The Hall–Kier alpha value is -1.44. The van der Waals surface area contributed by atoms with Crippen LogP contribution in [0.25, 0.3) is 0 Å². The Morgan fingerprint density at radius 1 is 1.00 bits per heavy atom. The number of amides is 3. The Labute approximate surface area is 129 Å². The van der Waals surface area contributed by atoms with Crippen LogP contribution in [-0.4, -0.2) is 84.9 Å². The highest BCUT2D eigenvalue weighted by Gasteiger charge is 2.37. The summed E-state index contributed by atoms with van der Waals surface area (Å²) in [7, 11) is 0. The molecule has 0 saturated carbocycles. The molecule has 0 aromatic carbocycles. The topological polar surface area (TPSA) is 55.9 Å². The molecule has 0 bridgehead atoms. The normalized spacial score (nSPS) is 22.5. The van der Waals surface area contributed by atoms with Crippen LogP contribution < -0.4 is 5.32 Å². The van der Waals surface area contributed by atoms with Crippen molar-refractivity contribution in [1.29, 1.82) is 0 Å². The molecule has 1 N–H and O–H groups in total. The smallest absolute Gasteiger partial charge is 0.320 e. The minimum absolute atomic E-state index is 0.0134. The summed E-state index contributed by atoms with van der Waals surface area (Å²) < 4.78 is 26.2. The number of alkyl halides is 2. The minimum Gasteiger partial charge on any atom is -0.355 e. The van der Waals surface area contributed by atoms with Crippen LogP contribution in [0.4, 0.5) is 13.6 Å². The van der Waals surface area contributed by atoms with Crippen molar-refractivity contribution in [1.82, 2.24) is 20.0 Å². The molecule has 0 aromatic rings. The Kier molecular flexibility index (Phi) is 5.55. The first-order valence-corrected chi connectivity index (χ1v) is 7.82. The van der Waals surface area contributed by atoms with E-state index in [2.05, 4.69) is 5.32 Å². The number of carbonyl (C=O) groups excluding carboxylic acids is 2. The number of nitrogens with zero attached hydrogens (tertiary/aromatic N) is 3. The average molecular weight is 318 g/mol. The van der Waals surface area contributed by atoms with Gasteiger partial charge in [-0.2, -0.15) is 0 Å². The van der Waals surface area contributed by atoms with Gasteiger partial charge in [-0.15, -0.1) is 0 Å². The number of piperidine rings is 1. The first-order chi connectivity index (χ1) is 10.4. The molecule has 0 spiro atoms. The molecule has 2 rings (SSSR count). The Balaban J connectivity index is 1.74. The van der Waals surface area contributed by atoms with E-state index in [0.29, 0.717) is 39.3 Å². The number of likely N-dealkylation sites (N-methyl/N-ethyl adjacent to an activating group) is 1. The third-order valence-electron chi connectivity index (χ3n) is 4.15. The van der Waals surface area contributed by atoms with Crippen LogP contribution in [0.2, 0.25) is 0 Å².